The highest BCUT2D eigenvalue weighted by molar-refractivity contribution is 5.12. The molecule has 0 radical (unpaired) electrons. The third-order valence-electron chi connectivity index (χ3n) is 5.02. The van der Waals surface area contributed by atoms with Gasteiger partial charge >= 0.3 is 0 Å². The second-order valence-corrected chi connectivity index (χ2v) is 6.58. The van der Waals surface area contributed by atoms with E-state index in [4.69, 9.17) is 0 Å². The number of allylic oxidation sites excluding steroid dienone is 1. The summed E-state index contributed by atoms with van der Waals surface area (Å²) in [5, 5.41) is 3.78. The van der Waals surface area contributed by atoms with E-state index in [-0.39, 0.29) is 0 Å². The summed E-state index contributed by atoms with van der Waals surface area (Å²) in [4.78, 5) is 0. The first-order valence-electron chi connectivity index (χ1n) is 8.82. The Morgan fingerprint density at radius 1 is 1.05 bits per heavy atom. The van der Waals surface area contributed by atoms with Crippen molar-refractivity contribution in [3.05, 3.63) is 11.6 Å². The standard InChI is InChI=1S/C18H33N/c1-2-19-18(17-13-9-5-6-10-14-17)15-16-11-7-3-4-8-12-16/h13,16,18-19H,2-12,14-15H2,1H3. The van der Waals surface area contributed by atoms with Gasteiger partial charge in [0, 0.05) is 6.04 Å². The Morgan fingerprint density at radius 3 is 2.53 bits per heavy atom. The van der Waals surface area contributed by atoms with E-state index in [1.54, 1.807) is 5.57 Å². The molecule has 1 fully saturated rings. The molecule has 0 aromatic heterocycles. The molecule has 0 spiro atoms. The molecule has 1 nitrogen and oxygen atoms in total. The predicted octanol–water partition coefficient (Wildman–Crippen LogP) is 5.22. The number of rotatable bonds is 5. The van der Waals surface area contributed by atoms with Crippen molar-refractivity contribution >= 4 is 0 Å². The van der Waals surface area contributed by atoms with Crippen molar-refractivity contribution in [1.82, 2.24) is 5.32 Å². The zero-order chi connectivity index (χ0) is 13.3. The molecule has 0 saturated heterocycles. The molecule has 0 heterocycles. The summed E-state index contributed by atoms with van der Waals surface area (Å²) in [6.07, 6.45) is 19.8. The quantitative estimate of drug-likeness (QED) is 0.530. The molecular weight excluding hydrogens is 230 g/mol. The predicted molar refractivity (Wildman–Crippen MR) is 84.4 cm³/mol. The topological polar surface area (TPSA) is 12.0 Å². The molecule has 2 aliphatic rings. The molecule has 1 unspecified atom stereocenters. The van der Waals surface area contributed by atoms with E-state index in [9.17, 15) is 0 Å². The van der Waals surface area contributed by atoms with Gasteiger partial charge in [-0.1, -0.05) is 63.5 Å². The van der Waals surface area contributed by atoms with Crippen molar-refractivity contribution in [3.63, 3.8) is 0 Å². The third-order valence-corrected chi connectivity index (χ3v) is 5.02. The lowest BCUT2D eigenvalue weighted by Gasteiger charge is -2.26. The van der Waals surface area contributed by atoms with Gasteiger partial charge in [-0.05, 0) is 44.6 Å². The van der Waals surface area contributed by atoms with Crippen LogP contribution in [0.5, 0.6) is 0 Å². The minimum absolute atomic E-state index is 0.686. The number of hydrogen-bond donors (Lipinski definition) is 1. The maximum atomic E-state index is 3.78. The molecule has 2 rings (SSSR count). The summed E-state index contributed by atoms with van der Waals surface area (Å²) in [6.45, 7) is 3.38. The summed E-state index contributed by atoms with van der Waals surface area (Å²) in [5.41, 5.74) is 1.74. The maximum absolute atomic E-state index is 3.78. The molecule has 0 bridgehead atoms. The van der Waals surface area contributed by atoms with Crippen molar-refractivity contribution in [2.75, 3.05) is 6.54 Å². The van der Waals surface area contributed by atoms with Gasteiger partial charge in [0.1, 0.15) is 0 Å². The van der Waals surface area contributed by atoms with Crippen LogP contribution in [-0.4, -0.2) is 12.6 Å². The minimum atomic E-state index is 0.686. The summed E-state index contributed by atoms with van der Waals surface area (Å²) in [6, 6.07) is 0.686. The summed E-state index contributed by atoms with van der Waals surface area (Å²) in [7, 11) is 0. The van der Waals surface area contributed by atoms with Gasteiger partial charge in [-0.15, -0.1) is 0 Å². The molecule has 0 aliphatic heterocycles. The second-order valence-electron chi connectivity index (χ2n) is 6.58. The number of nitrogens with one attached hydrogen (secondary N) is 1. The summed E-state index contributed by atoms with van der Waals surface area (Å²) < 4.78 is 0. The van der Waals surface area contributed by atoms with Crippen LogP contribution in [0, 0.1) is 5.92 Å². The van der Waals surface area contributed by atoms with E-state index < -0.39 is 0 Å². The Balaban J connectivity index is 1.91. The lowest BCUT2D eigenvalue weighted by molar-refractivity contribution is 0.372. The second kappa shape index (κ2) is 8.79. The maximum Gasteiger partial charge on any atom is 0.0281 e. The van der Waals surface area contributed by atoms with Crippen LogP contribution in [0.3, 0.4) is 0 Å². The van der Waals surface area contributed by atoms with Crippen LogP contribution >= 0.6 is 0 Å². The average molecular weight is 263 g/mol. The largest absolute Gasteiger partial charge is 0.311 e. The molecule has 1 heteroatoms. The minimum Gasteiger partial charge on any atom is -0.311 e. The van der Waals surface area contributed by atoms with Gasteiger partial charge in [0.05, 0.1) is 0 Å². The monoisotopic (exact) mass is 263 g/mol. The van der Waals surface area contributed by atoms with Crippen molar-refractivity contribution in [2.45, 2.75) is 90.0 Å². The van der Waals surface area contributed by atoms with Gasteiger partial charge < -0.3 is 5.32 Å². The molecule has 110 valence electrons. The summed E-state index contributed by atoms with van der Waals surface area (Å²) >= 11 is 0. The molecule has 2 aliphatic carbocycles. The Morgan fingerprint density at radius 2 is 1.79 bits per heavy atom. The van der Waals surface area contributed by atoms with Crippen LogP contribution in [0.2, 0.25) is 0 Å². The normalized spacial score (nSPS) is 24.4. The van der Waals surface area contributed by atoms with Gasteiger partial charge in [0.25, 0.3) is 0 Å². The van der Waals surface area contributed by atoms with Gasteiger partial charge in [0.2, 0.25) is 0 Å². The molecule has 0 aromatic rings. The molecule has 1 N–H and O–H groups in total. The summed E-state index contributed by atoms with van der Waals surface area (Å²) in [5.74, 6) is 0.982. The first kappa shape index (κ1) is 15.1. The van der Waals surface area contributed by atoms with Gasteiger partial charge in [0.15, 0.2) is 0 Å². The molecule has 1 atom stereocenters. The van der Waals surface area contributed by atoms with Gasteiger partial charge in [-0.25, -0.2) is 0 Å². The SMILES string of the molecule is CCNC(CC1CCCCCC1)C1=CCCCCC1. The van der Waals surface area contributed by atoms with Crippen LogP contribution < -0.4 is 5.32 Å². The fourth-order valence-electron chi connectivity index (χ4n) is 3.90. The highest BCUT2D eigenvalue weighted by Gasteiger charge is 2.20. The lowest BCUT2D eigenvalue weighted by atomic mass is 9.88. The van der Waals surface area contributed by atoms with E-state index in [0.29, 0.717) is 6.04 Å². The molecule has 0 amide bonds. The van der Waals surface area contributed by atoms with Crippen LogP contribution in [-0.2, 0) is 0 Å². The van der Waals surface area contributed by atoms with Crippen molar-refractivity contribution < 1.29 is 0 Å². The van der Waals surface area contributed by atoms with Gasteiger partial charge in [-0.2, -0.15) is 0 Å². The van der Waals surface area contributed by atoms with Crippen LogP contribution in [0.1, 0.15) is 84.0 Å². The highest BCUT2D eigenvalue weighted by Crippen LogP contribution is 2.30. The molecule has 19 heavy (non-hydrogen) atoms. The Hall–Kier alpha value is -0.300. The third kappa shape index (κ3) is 5.30. The Labute approximate surface area is 120 Å². The fourth-order valence-corrected chi connectivity index (χ4v) is 3.90. The number of hydrogen-bond acceptors (Lipinski definition) is 1. The van der Waals surface area contributed by atoms with E-state index >= 15 is 0 Å². The van der Waals surface area contributed by atoms with Crippen LogP contribution in [0.4, 0.5) is 0 Å². The smallest absolute Gasteiger partial charge is 0.0281 e. The van der Waals surface area contributed by atoms with E-state index in [2.05, 4.69) is 18.3 Å². The van der Waals surface area contributed by atoms with Crippen molar-refractivity contribution in [1.29, 1.82) is 0 Å². The van der Waals surface area contributed by atoms with Crippen LogP contribution in [0.15, 0.2) is 11.6 Å². The Kier molecular flexibility index (Phi) is 6.98. The van der Waals surface area contributed by atoms with Crippen LogP contribution in [0.25, 0.3) is 0 Å². The number of likely N-dealkylation sites (N-methyl/N-ethyl adjacent to an activating group) is 1. The Bertz CT molecular complexity index is 261. The van der Waals surface area contributed by atoms with Crippen molar-refractivity contribution in [2.24, 2.45) is 5.92 Å². The highest BCUT2D eigenvalue weighted by atomic mass is 14.9. The van der Waals surface area contributed by atoms with E-state index in [1.807, 2.05) is 0 Å². The fraction of sp³-hybridized carbons (Fsp3) is 0.889. The zero-order valence-corrected chi connectivity index (χ0v) is 12.9. The zero-order valence-electron chi connectivity index (χ0n) is 12.9. The first-order chi connectivity index (χ1) is 9.40. The average Bonchev–Trinajstić information content (AvgIpc) is 2.82. The van der Waals surface area contributed by atoms with E-state index in [0.717, 1.165) is 12.5 Å². The molecule has 1 saturated carbocycles. The lowest BCUT2D eigenvalue weighted by Crippen LogP contribution is -2.33. The van der Waals surface area contributed by atoms with Gasteiger partial charge in [-0.3, -0.25) is 0 Å². The molecule has 0 aromatic carbocycles. The first-order valence-corrected chi connectivity index (χ1v) is 8.82. The van der Waals surface area contributed by atoms with Crippen molar-refractivity contribution in [3.8, 4) is 0 Å². The van der Waals surface area contributed by atoms with E-state index in [1.165, 1.54) is 77.0 Å². The molecular formula is C18H33N.